The monoisotopic (exact) mass is 497 g/mol. The van der Waals surface area contributed by atoms with Gasteiger partial charge in [0.2, 0.25) is 5.91 Å². The lowest BCUT2D eigenvalue weighted by molar-refractivity contribution is -0.135. The van der Waals surface area contributed by atoms with E-state index in [1.807, 2.05) is 36.9 Å². The molecule has 2 aliphatic rings. The number of halogens is 1. The molecule has 0 aromatic heterocycles. The fourth-order valence-electron chi connectivity index (χ4n) is 5.07. The molecule has 0 N–H and O–H groups in total. The van der Waals surface area contributed by atoms with Gasteiger partial charge in [-0.05, 0) is 60.6 Å². The van der Waals surface area contributed by atoms with Gasteiger partial charge in [0, 0.05) is 37.4 Å². The van der Waals surface area contributed by atoms with E-state index in [1.54, 1.807) is 0 Å². The van der Waals surface area contributed by atoms with E-state index in [2.05, 4.69) is 32.9 Å². The van der Waals surface area contributed by atoms with Gasteiger partial charge in [0.25, 0.3) is 0 Å². The number of ketones is 1. The van der Waals surface area contributed by atoms with Gasteiger partial charge < -0.3 is 14.4 Å². The topological polar surface area (TPSA) is 55.8 Å². The number of aryl methyl sites for hydroxylation is 1. The zero-order chi connectivity index (χ0) is 25.4. The molecule has 2 aromatic rings. The molecule has 0 radical (unpaired) electrons. The highest BCUT2D eigenvalue weighted by Crippen LogP contribution is 2.43. The Hall–Kier alpha value is -2.53. The number of hydrogen-bond acceptors (Lipinski definition) is 4. The maximum atomic E-state index is 13.0. The van der Waals surface area contributed by atoms with E-state index in [-0.39, 0.29) is 17.1 Å². The summed E-state index contributed by atoms with van der Waals surface area (Å²) in [6.45, 7) is 12.1. The minimum Gasteiger partial charge on any atom is -0.494 e. The highest BCUT2D eigenvalue weighted by atomic mass is 35.5. The average molecular weight is 498 g/mol. The zero-order valence-electron chi connectivity index (χ0n) is 21.5. The number of hydrogen-bond donors (Lipinski definition) is 0. The first-order valence-corrected chi connectivity index (χ1v) is 12.9. The predicted molar refractivity (Wildman–Crippen MR) is 139 cm³/mol. The lowest BCUT2D eigenvalue weighted by Crippen LogP contribution is -2.52. The van der Waals surface area contributed by atoms with Crippen molar-refractivity contribution in [3.63, 3.8) is 0 Å². The van der Waals surface area contributed by atoms with E-state index < -0.39 is 5.60 Å². The number of carbonyl (C=O) groups excluding carboxylic acids is 2. The molecule has 0 aliphatic carbocycles. The number of amides is 1. The lowest BCUT2D eigenvalue weighted by Gasteiger charge is -2.44. The Bertz CT molecular complexity index is 1110. The van der Waals surface area contributed by atoms with Crippen molar-refractivity contribution < 1.29 is 19.1 Å². The first kappa shape index (κ1) is 25.6. The second-order valence-electron chi connectivity index (χ2n) is 11.0. The second-order valence-corrected chi connectivity index (χ2v) is 11.4. The highest BCUT2D eigenvalue weighted by molar-refractivity contribution is 6.32. The normalized spacial score (nSPS) is 17.2. The first-order valence-electron chi connectivity index (χ1n) is 12.5. The van der Waals surface area contributed by atoms with Gasteiger partial charge in [-0.3, -0.25) is 9.59 Å². The number of benzene rings is 2. The van der Waals surface area contributed by atoms with E-state index in [0.717, 1.165) is 16.9 Å². The zero-order valence-corrected chi connectivity index (χ0v) is 22.3. The second kappa shape index (κ2) is 9.85. The lowest BCUT2D eigenvalue weighted by atomic mass is 9.81. The number of piperidine rings is 1. The van der Waals surface area contributed by atoms with E-state index >= 15 is 0 Å². The summed E-state index contributed by atoms with van der Waals surface area (Å²) in [6.07, 6.45) is 2.77. The highest BCUT2D eigenvalue weighted by Gasteiger charge is 2.44. The molecule has 188 valence electrons. The Kier molecular flexibility index (Phi) is 7.19. The third-order valence-electron chi connectivity index (χ3n) is 7.28. The molecule has 0 unspecified atom stereocenters. The minimum atomic E-state index is -0.532. The minimum absolute atomic E-state index is 0.0816. The van der Waals surface area contributed by atoms with Gasteiger partial charge in [-0.15, -0.1) is 0 Å². The molecule has 1 fully saturated rings. The Morgan fingerprint density at radius 1 is 1.14 bits per heavy atom. The molecule has 1 amide bonds. The van der Waals surface area contributed by atoms with Crippen molar-refractivity contribution in [2.24, 2.45) is 0 Å². The molecule has 2 aromatic carbocycles. The quantitative estimate of drug-likeness (QED) is 0.446. The van der Waals surface area contributed by atoms with Crippen LogP contribution in [0.4, 0.5) is 0 Å². The molecule has 5 nitrogen and oxygen atoms in total. The third-order valence-corrected chi connectivity index (χ3v) is 7.87. The summed E-state index contributed by atoms with van der Waals surface area (Å²) in [5.41, 5.74) is 3.16. The predicted octanol–water partition coefficient (Wildman–Crippen LogP) is 6.44. The molecule has 2 aliphatic heterocycles. The van der Waals surface area contributed by atoms with Gasteiger partial charge in [-0.2, -0.15) is 0 Å². The standard InChI is InChI=1S/C29H36ClNO4/c1-19-17-24-26(20(2)27(19)30)23(32)18-29(35-24)12-14-31(15-13-29)25(33)7-6-16-34-22-10-8-21(9-11-22)28(3,4)5/h8-11,17H,6-7,12-16,18H2,1-5H3. The molecule has 0 saturated carbocycles. The summed E-state index contributed by atoms with van der Waals surface area (Å²) < 4.78 is 12.3. The van der Waals surface area contributed by atoms with E-state index in [4.69, 9.17) is 21.1 Å². The number of carbonyl (C=O) groups is 2. The molecule has 35 heavy (non-hydrogen) atoms. The summed E-state index contributed by atoms with van der Waals surface area (Å²) in [5.74, 6) is 1.68. The Morgan fingerprint density at radius 2 is 1.80 bits per heavy atom. The van der Waals surface area contributed by atoms with E-state index in [9.17, 15) is 9.59 Å². The van der Waals surface area contributed by atoms with Crippen molar-refractivity contribution >= 4 is 23.3 Å². The fourth-order valence-corrected chi connectivity index (χ4v) is 5.21. The molecule has 6 heteroatoms. The van der Waals surface area contributed by atoms with Gasteiger partial charge >= 0.3 is 0 Å². The van der Waals surface area contributed by atoms with Crippen LogP contribution < -0.4 is 9.47 Å². The summed E-state index contributed by atoms with van der Waals surface area (Å²) in [6, 6.07) is 10.0. The molecule has 1 saturated heterocycles. The van der Waals surface area contributed by atoms with Crippen LogP contribution >= 0.6 is 11.6 Å². The number of fused-ring (bicyclic) bond motifs is 1. The first-order chi connectivity index (χ1) is 16.5. The number of Topliss-reactive ketones (excluding diaryl/α,β-unsaturated/α-hetero) is 1. The third kappa shape index (κ3) is 5.50. The number of likely N-dealkylation sites (tertiary alicyclic amines) is 1. The van der Waals surface area contributed by atoms with Crippen LogP contribution in [-0.2, 0) is 10.2 Å². The van der Waals surface area contributed by atoms with Crippen molar-refractivity contribution in [3.05, 3.63) is 57.6 Å². The molecule has 4 rings (SSSR count). The Morgan fingerprint density at radius 3 is 2.43 bits per heavy atom. The van der Waals surface area contributed by atoms with Gasteiger partial charge in [-0.25, -0.2) is 0 Å². The summed E-state index contributed by atoms with van der Waals surface area (Å²) in [5, 5.41) is 0.628. The molecular weight excluding hydrogens is 462 g/mol. The molecule has 0 atom stereocenters. The van der Waals surface area contributed by atoms with E-state index in [0.29, 0.717) is 68.1 Å². The van der Waals surface area contributed by atoms with Gasteiger partial charge in [0.05, 0.1) is 18.6 Å². The van der Waals surface area contributed by atoms with Crippen LogP contribution in [0.15, 0.2) is 30.3 Å². The van der Waals surface area contributed by atoms with Crippen LogP contribution in [0, 0.1) is 13.8 Å². The van der Waals surface area contributed by atoms with Crippen LogP contribution in [0.1, 0.15) is 79.9 Å². The SMILES string of the molecule is Cc1cc2c(c(C)c1Cl)C(=O)CC1(CCN(C(=O)CCCOc3ccc(C(C)(C)C)cc3)CC1)O2. The Labute approximate surface area is 213 Å². The Balaban J connectivity index is 1.26. The molecule has 0 bridgehead atoms. The van der Waals surface area contributed by atoms with Gasteiger partial charge in [0.15, 0.2) is 5.78 Å². The molecule has 2 heterocycles. The van der Waals surface area contributed by atoms with Gasteiger partial charge in [-0.1, -0.05) is 44.5 Å². The van der Waals surface area contributed by atoms with E-state index in [1.165, 1.54) is 5.56 Å². The van der Waals surface area contributed by atoms with Crippen molar-refractivity contribution in [3.8, 4) is 11.5 Å². The van der Waals surface area contributed by atoms with Crippen molar-refractivity contribution in [1.29, 1.82) is 0 Å². The maximum absolute atomic E-state index is 13.0. The van der Waals surface area contributed by atoms with Crippen molar-refractivity contribution in [2.45, 2.75) is 77.7 Å². The van der Waals surface area contributed by atoms with Crippen molar-refractivity contribution in [1.82, 2.24) is 4.90 Å². The number of ether oxygens (including phenoxy) is 2. The fraction of sp³-hybridized carbons (Fsp3) is 0.517. The smallest absolute Gasteiger partial charge is 0.222 e. The maximum Gasteiger partial charge on any atom is 0.222 e. The molecule has 1 spiro atoms. The van der Waals surface area contributed by atoms with Crippen molar-refractivity contribution in [2.75, 3.05) is 19.7 Å². The van der Waals surface area contributed by atoms with Crippen LogP contribution in [-0.4, -0.2) is 41.9 Å². The van der Waals surface area contributed by atoms with Crippen LogP contribution in [0.3, 0.4) is 0 Å². The van der Waals surface area contributed by atoms with Gasteiger partial charge in [0.1, 0.15) is 17.1 Å². The number of rotatable bonds is 5. The van der Waals surface area contributed by atoms with Crippen LogP contribution in [0.2, 0.25) is 5.02 Å². The number of nitrogens with zero attached hydrogens (tertiary/aromatic N) is 1. The summed E-state index contributed by atoms with van der Waals surface area (Å²) >= 11 is 6.36. The van der Waals surface area contributed by atoms with Crippen LogP contribution in [0.25, 0.3) is 0 Å². The molecular formula is C29H36ClNO4. The summed E-state index contributed by atoms with van der Waals surface area (Å²) in [7, 11) is 0. The summed E-state index contributed by atoms with van der Waals surface area (Å²) in [4.78, 5) is 27.7. The largest absolute Gasteiger partial charge is 0.494 e. The average Bonchev–Trinajstić information content (AvgIpc) is 2.80. The van der Waals surface area contributed by atoms with Crippen LogP contribution in [0.5, 0.6) is 11.5 Å².